The Balaban J connectivity index is 1.92. The second-order valence-corrected chi connectivity index (χ2v) is 7.23. The highest BCUT2D eigenvalue weighted by atomic mass is 16.5. The molecule has 0 aliphatic carbocycles. The molecule has 0 radical (unpaired) electrons. The molecule has 2 aromatic rings. The van der Waals surface area contributed by atoms with Gasteiger partial charge in [0.2, 0.25) is 0 Å². The van der Waals surface area contributed by atoms with Crippen LogP contribution in [0, 0.1) is 0 Å². The van der Waals surface area contributed by atoms with Crippen molar-refractivity contribution in [2.24, 2.45) is 0 Å². The number of hydrogen-bond acceptors (Lipinski definition) is 3. The Hall–Kier alpha value is -2.17. The van der Waals surface area contributed by atoms with E-state index in [-0.39, 0.29) is 17.9 Å². The van der Waals surface area contributed by atoms with E-state index in [2.05, 4.69) is 26.1 Å². The van der Waals surface area contributed by atoms with Crippen LogP contribution in [-0.2, 0) is 16.8 Å². The Bertz CT molecular complexity index is 685. The topological polar surface area (TPSA) is 58.6 Å². The Kier molecular flexibility index (Phi) is 6.34. The Morgan fingerprint density at radius 1 is 1.08 bits per heavy atom. The summed E-state index contributed by atoms with van der Waals surface area (Å²) < 4.78 is 5.05. The van der Waals surface area contributed by atoms with Gasteiger partial charge in [0.25, 0.3) is 5.91 Å². The summed E-state index contributed by atoms with van der Waals surface area (Å²) >= 11 is 0. The van der Waals surface area contributed by atoms with Crippen LogP contribution in [0.25, 0.3) is 0 Å². The lowest BCUT2D eigenvalue weighted by Crippen LogP contribution is -2.28. The Morgan fingerprint density at radius 2 is 1.68 bits per heavy atom. The summed E-state index contributed by atoms with van der Waals surface area (Å²) in [4.78, 5) is 12.2. The van der Waals surface area contributed by atoms with Crippen LogP contribution >= 0.6 is 0 Å². The molecule has 25 heavy (non-hydrogen) atoms. The number of hydrogen-bond donors (Lipinski definition) is 2. The lowest BCUT2D eigenvalue weighted by Gasteiger charge is -2.20. The molecule has 0 spiro atoms. The van der Waals surface area contributed by atoms with Gasteiger partial charge in [0, 0.05) is 19.2 Å². The summed E-state index contributed by atoms with van der Waals surface area (Å²) in [6, 6.07) is 15.1. The van der Waals surface area contributed by atoms with Gasteiger partial charge in [-0.2, -0.15) is 0 Å². The first-order valence-corrected chi connectivity index (χ1v) is 8.46. The van der Waals surface area contributed by atoms with Crippen LogP contribution < -0.4 is 5.32 Å². The Morgan fingerprint density at radius 3 is 2.20 bits per heavy atom. The standard InChI is InChI=1S/C21H27NO3/c1-21(2,3)18-11-9-16(10-12-18)19(23)13-22-20(24)17-7-5-15(6-8-17)14-25-4/h5-12,19,23H,13-14H2,1-4H3,(H,22,24). The fourth-order valence-corrected chi connectivity index (χ4v) is 2.53. The molecule has 0 saturated carbocycles. The number of ether oxygens (including phenoxy) is 1. The number of aliphatic hydroxyl groups is 1. The summed E-state index contributed by atoms with van der Waals surface area (Å²) in [6.07, 6.45) is -0.731. The molecule has 0 aliphatic heterocycles. The lowest BCUT2D eigenvalue weighted by atomic mass is 9.86. The highest BCUT2D eigenvalue weighted by Gasteiger charge is 2.15. The van der Waals surface area contributed by atoms with Gasteiger partial charge in [0.15, 0.2) is 0 Å². The highest BCUT2D eigenvalue weighted by Crippen LogP contribution is 2.23. The van der Waals surface area contributed by atoms with E-state index < -0.39 is 6.10 Å². The third-order valence-electron chi connectivity index (χ3n) is 4.14. The van der Waals surface area contributed by atoms with E-state index in [1.807, 2.05) is 36.4 Å². The average Bonchev–Trinajstić information content (AvgIpc) is 2.59. The highest BCUT2D eigenvalue weighted by molar-refractivity contribution is 5.94. The van der Waals surface area contributed by atoms with Crippen molar-refractivity contribution in [2.45, 2.75) is 38.9 Å². The van der Waals surface area contributed by atoms with E-state index >= 15 is 0 Å². The molecule has 2 aromatic carbocycles. The minimum absolute atomic E-state index is 0.0761. The van der Waals surface area contributed by atoms with Gasteiger partial charge < -0.3 is 15.2 Å². The van der Waals surface area contributed by atoms with Crippen molar-refractivity contribution in [1.82, 2.24) is 5.32 Å². The second kappa shape index (κ2) is 8.28. The molecule has 0 heterocycles. The van der Waals surface area contributed by atoms with Crippen molar-refractivity contribution >= 4 is 5.91 Å². The van der Waals surface area contributed by atoms with Gasteiger partial charge >= 0.3 is 0 Å². The SMILES string of the molecule is COCc1ccc(C(=O)NCC(O)c2ccc(C(C)(C)C)cc2)cc1. The van der Waals surface area contributed by atoms with Crippen LogP contribution in [0.5, 0.6) is 0 Å². The van der Waals surface area contributed by atoms with Gasteiger partial charge in [-0.25, -0.2) is 0 Å². The molecule has 0 aliphatic rings. The first-order chi connectivity index (χ1) is 11.8. The van der Waals surface area contributed by atoms with E-state index in [1.54, 1.807) is 19.2 Å². The molecule has 1 amide bonds. The third-order valence-corrected chi connectivity index (χ3v) is 4.14. The molecular formula is C21H27NO3. The zero-order valence-electron chi connectivity index (χ0n) is 15.4. The summed E-state index contributed by atoms with van der Waals surface area (Å²) in [5, 5.41) is 13.1. The summed E-state index contributed by atoms with van der Waals surface area (Å²) in [5.41, 5.74) is 3.66. The number of amides is 1. The van der Waals surface area contributed by atoms with Crippen LogP contribution in [0.2, 0.25) is 0 Å². The van der Waals surface area contributed by atoms with Crippen molar-refractivity contribution in [3.05, 3.63) is 70.8 Å². The van der Waals surface area contributed by atoms with Gasteiger partial charge in [0.05, 0.1) is 12.7 Å². The van der Waals surface area contributed by atoms with Gasteiger partial charge in [-0.05, 0) is 34.2 Å². The van der Waals surface area contributed by atoms with E-state index in [0.29, 0.717) is 12.2 Å². The van der Waals surface area contributed by atoms with Crippen molar-refractivity contribution in [1.29, 1.82) is 0 Å². The maximum Gasteiger partial charge on any atom is 0.251 e. The van der Waals surface area contributed by atoms with Crippen molar-refractivity contribution < 1.29 is 14.6 Å². The van der Waals surface area contributed by atoms with E-state index in [1.165, 1.54) is 5.56 Å². The number of benzene rings is 2. The Labute approximate surface area is 149 Å². The first-order valence-electron chi connectivity index (χ1n) is 8.46. The van der Waals surface area contributed by atoms with Gasteiger partial charge in [-0.3, -0.25) is 4.79 Å². The molecule has 0 bridgehead atoms. The summed E-state index contributed by atoms with van der Waals surface area (Å²) in [7, 11) is 1.63. The second-order valence-electron chi connectivity index (χ2n) is 7.23. The molecule has 1 unspecified atom stereocenters. The fourth-order valence-electron chi connectivity index (χ4n) is 2.53. The molecule has 0 aromatic heterocycles. The number of carbonyl (C=O) groups excluding carboxylic acids is 1. The van der Waals surface area contributed by atoms with Crippen LogP contribution in [0.4, 0.5) is 0 Å². The monoisotopic (exact) mass is 341 g/mol. The van der Waals surface area contributed by atoms with Gasteiger partial charge in [0.1, 0.15) is 0 Å². The van der Waals surface area contributed by atoms with Crippen molar-refractivity contribution in [2.75, 3.05) is 13.7 Å². The number of carbonyl (C=O) groups is 1. The van der Waals surface area contributed by atoms with E-state index in [4.69, 9.17) is 4.74 Å². The molecule has 4 nitrogen and oxygen atoms in total. The average molecular weight is 341 g/mol. The van der Waals surface area contributed by atoms with Crippen LogP contribution in [0.15, 0.2) is 48.5 Å². The quantitative estimate of drug-likeness (QED) is 0.844. The molecule has 2 N–H and O–H groups in total. The third kappa shape index (κ3) is 5.41. The number of nitrogens with one attached hydrogen (secondary N) is 1. The molecule has 2 rings (SSSR count). The molecule has 0 fully saturated rings. The molecule has 1 atom stereocenters. The number of aliphatic hydroxyl groups excluding tert-OH is 1. The molecule has 134 valence electrons. The smallest absolute Gasteiger partial charge is 0.251 e. The molecule has 4 heteroatoms. The van der Waals surface area contributed by atoms with E-state index in [0.717, 1.165) is 11.1 Å². The minimum atomic E-state index is -0.731. The predicted octanol–water partition coefficient (Wildman–Crippen LogP) is 3.59. The summed E-state index contributed by atoms with van der Waals surface area (Å²) in [6.45, 7) is 7.14. The van der Waals surface area contributed by atoms with Gasteiger partial charge in [-0.15, -0.1) is 0 Å². The first kappa shape index (κ1) is 19.2. The summed E-state index contributed by atoms with van der Waals surface area (Å²) in [5.74, 6) is -0.200. The van der Waals surface area contributed by atoms with Crippen molar-refractivity contribution in [3.63, 3.8) is 0 Å². The molecular weight excluding hydrogens is 314 g/mol. The zero-order chi connectivity index (χ0) is 18.4. The van der Waals surface area contributed by atoms with Crippen LogP contribution in [0.3, 0.4) is 0 Å². The van der Waals surface area contributed by atoms with Gasteiger partial charge in [-0.1, -0.05) is 57.2 Å². The largest absolute Gasteiger partial charge is 0.387 e. The fraction of sp³-hybridized carbons (Fsp3) is 0.381. The predicted molar refractivity (Wildman–Crippen MR) is 99.6 cm³/mol. The maximum absolute atomic E-state index is 12.2. The minimum Gasteiger partial charge on any atom is -0.387 e. The van der Waals surface area contributed by atoms with Crippen molar-refractivity contribution in [3.8, 4) is 0 Å². The van der Waals surface area contributed by atoms with Crippen LogP contribution in [-0.4, -0.2) is 24.7 Å². The normalized spacial score (nSPS) is 12.7. The van der Waals surface area contributed by atoms with E-state index in [9.17, 15) is 9.90 Å². The maximum atomic E-state index is 12.2. The number of methoxy groups -OCH3 is 1. The lowest BCUT2D eigenvalue weighted by molar-refractivity contribution is 0.0916. The molecule has 0 saturated heterocycles. The van der Waals surface area contributed by atoms with Crippen LogP contribution in [0.1, 0.15) is 53.9 Å². The number of rotatable bonds is 6. The zero-order valence-corrected chi connectivity index (χ0v) is 15.4.